The number of fused-ring (bicyclic) bond motifs is 1. The van der Waals surface area contributed by atoms with Crippen molar-refractivity contribution in [1.29, 1.82) is 0 Å². The minimum absolute atomic E-state index is 0.498. The third-order valence-corrected chi connectivity index (χ3v) is 7.48. The van der Waals surface area contributed by atoms with E-state index in [1.807, 2.05) is 0 Å². The Balaban J connectivity index is 1.28. The zero-order chi connectivity index (χ0) is 21.0. The van der Waals surface area contributed by atoms with E-state index >= 15 is 0 Å². The van der Waals surface area contributed by atoms with Crippen molar-refractivity contribution < 1.29 is 4.74 Å². The first-order valence-electron chi connectivity index (χ1n) is 12.3. The molecule has 5 heteroatoms. The number of piperidine rings is 1. The number of nitrogens with zero attached hydrogens (tertiary/aromatic N) is 4. The summed E-state index contributed by atoms with van der Waals surface area (Å²) in [5, 5.41) is 0. The Hall–Kier alpha value is -1.98. The Bertz CT molecular complexity index is 857. The van der Waals surface area contributed by atoms with Gasteiger partial charge in [0.15, 0.2) is 0 Å². The van der Waals surface area contributed by atoms with Gasteiger partial charge in [0, 0.05) is 49.5 Å². The van der Waals surface area contributed by atoms with Crippen LogP contribution in [0.4, 0.5) is 5.82 Å². The lowest BCUT2D eigenvalue weighted by molar-refractivity contribution is 0.0248. The second-order valence-electron chi connectivity index (χ2n) is 9.45. The molecule has 0 bridgehead atoms. The molecule has 3 aliphatic heterocycles. The second-order valence-corrected chi connectivity index (χ2v) is 9.45. The minimum Gasteiger partial charge on any atom is -0.381 e. The number of benzene rings is 1. The summed E-state index contributed by atoms with van der Waals surface area (Å²) in [4.78, 5) is 15.4. The highest BCUT2D eigenvalue weighted by molar-refractivity contribution is 5.51. The Morgan fingerprint density at radius 2 is 1.74 bits per heavy atom. The van der Waals surface area contributed by atoms with Gasteiger partial charge in [0.2, 0.25) is 0 Å². The molecular weight excluding hydrogens is 384 g/mol. The third kappa shape index (κ3) is 4.78. The van der Waals surface area contributed by atoms with E-state index in [1.165, 1.54) is 67.8 Å². The van der Waals surface area contributed by atoms with E-state index < -0.39 is 0 Å². The lowest BCUT2D eigenvalue weighted by Crippen LogP contribution is -2.44. The number of hydrogen-bond acceptors (Lipinski definition) is 5. The molecule has 4 heterocycles. The molecule has 2 saturated heterocycles. The van der Waals surface area contributed by atoms with Gasteiger partial charge in [-0.15, -0.1) is 0 Å². The maximum atomic E-state index is 5.55. The summed E-state index contributed by atoms with van der Waals surface area (Å²) in [6, 6.07) is 11.5. The molecular formula is C26H36N4O. The number of likely N-dealkylation sites (tertiary alicyclic amines) is 1. The van der Waals surface area contributed by atoms with E-state index in [4.69, 9.17) is 14.7 Å². The molecule has 2 aromatic rings. The summed E-state index contributed by atoms with van der Waals surface area (Å²) in [7, 11) is 0. The van der Waals surface area contributed by atoms with Crippen LogP contribution in [0.2, 0.25) is 0 Å². The van der Waals surface area contributed by atoms with E-state index in [0.717, 1.165) is 51.0 Å². The van der Waals surface area contributed by atoms with Crippen molar-refractivity contribution in [3.8, 4) is 0 Å². The van der Waals surface area contributed by atoms with E-state index in [0.29, 0.717) is 5.92 Å². The number of aromatic nitrogens is 2. The highest BCUT2D eigenvalue weighted by atomic mass is 16.5. The predicted octanol–water partition coefficient (Wildman–Crippen LogP) is 4.14. The maximum absolute atomic E-state index is 5.55. The van der Waals surface area contributed by atoms with Gasteiger partial charge in [-0.3, -0.25) is 0 Å². The molecule has 2 fully saturated rings. The number of rotatable bonds is 5. The van der Waals surface area contributed by atoms with Crippen molar-refractivity contribution in [2.75, 3.05) is 44.3 Å². The van der Waals surface area contributed by atoms with Gasteiger partial charge < -0.3 is 14.5 Å². The third-order valence-electron chi connectivity index (χ3n) is 7.48. The molecule has 31 heavy (non-hydrogen) atoms. The van der Waals surface area contributed by atoms with Crippen molar-refractivity contribution in [3.05, 3.63) is 53.0 Å². The summed E-state index contributed by atoms with van der Waals surface area (Å²) in [5.41, 5.74) is 3.99. The molecule has 0 atom stereocenters. The number of ether oxygens (including phenoxy) is 1. The smallest absolute Gasteiger partial charge is 0.135 e. The van der Waals surface area contributed by atoms with Crippen LogP contribution in [0.5, 0.6) is 0 Å². The van der Waals surface area contributed by atoms with E-state index in [2.05, 4.69) is 47.1 Å². The Labute approximate surface area is 186 Å². The highest BCUT2D eigenvalue weighted by Crippen LogP contribution is 2.33. The van der Waals surface area contributed by atoms with Gasteiger partial charge in [0.05, 0.1) is 0 Å². The first kappa shape index (κ1) is 20.9. The van der Waals surface area contributed by atoms with Crippen LogP contribution in [0.3, 0.4) is 0 Å². The minimum atomic E-state index is 0.498. The lowest BCUT2D eigenvalue weighted by Gasteiger charge is -2.39. The van der Waals surface area contributed by atoms with Crippen LogP contribution >= 0.6 is 0 Å². The maximum Gasteiger partial charge on any atom is 0.135 e. The highest BCUT2D eigenvalue weighted by Gasteiger charge is 2.30. The largest absolute Gasteiger partial charge is 0.381 e. The van der Waals surface area contributed by atoms with E-state index in [-0.39, 0.29) is 0 Å². The van der Waals surface area contributed by atoms with Crippen molar-refractivity contribution >= 4 is 5.82 Å². The quantitative estimate of drug-likeness (QED) is 0.727. The molecule has 0 saturated carbocycles. The summed E-state index contributed by atoms with van der Waals surface area (Å²) >= 11 is 0. The van der Waals surface area contributed by atoms with Crippen LogP contribution in [-0.4, -0.2) is 60.3 Å². The fourth-order valence-corrected chi connectivity index (χ4v) is 5.59. The number of hydrogen-bond donors (Lipinski definition) is 0. The van der Waals surface area contributed by atoms with Crippen LogP contribution in [0, 0.1) is 6.92 Å². The molecule has 5 rings (SSSR count). The van der Waals surface area contributed by atoms with E-state index in [9.17, 15) is 0 Å². The Kier molecular flexibility index (Phi) is 6.51. The van der Waals surface area contributed by atoms with Crippen molar-refractivity contribution in [3.63, 3.8) is 0 Å². The zero-order valence-electron chi connectivity index (χ0n) is 18.9. The van der Waals surface area contributed by atoms with Gasteiger partial charge in [-0.2, -0.15) is 0 Å². The summed E-state index contributed by atoms with van der Waals surface area (Å²) in [6.45, 7) is 8.54. The monoisotopic (exact) mass is 420 g/mol. The Morgan fingerprint density at radius 3 is 2.52 bits per heavy atom. The normalized spacial score (nSPS) is 21.3. The summed E-state index contributed by atoms with van der Waals surface area (Å²) in [5.74, 6) is 2.81. The van der Waals surface area contributed by atoms with Crippen LogP contribution in [0.15, 0.2) is 30.3 Å². The molecule has 0 unspecified atom stereocenters. The summed E-state index contributed by atoms with van der Waals surface area (Å²) < 4.78 is 5.55. The topological polar surface area (TPSA) is 41.5 Å². The van der Waals surface area contributed by atoms with Gasteiger partial charge in [-0.25, -0.2) is 9.97 Å². The molecule has 0 N–H and O–H groups in total. The zero-order valence-corrected chi connectivity index (χ0v) is 18.9. The Morgan fingerprint density at radius 1 is 0.968 bits per heavy atom. The average molecular weight is 421 g/mol. The lowest BCUT2D eigenvalue weighted by atomic mass is 9.93. The SMILES string of the molecule is Cc1nc(C2CCN(C3CCOCC3)CC2)nc2c1CCCN2CCc1ccccc1. The van der Waals surface area contributed by atoms with Crippen LogP contribution in [0.25, 0.3) is 0 Å². The number of aryl methyl sites for hydroxylation is 1. The van der Waals surface area contributed by atoms with Crippen molar-refractivity contribution in [2.45, 2.75) is 63.8 Å². The molecule has 1 aromatic carbocycles. The summed E-state index contributed by atoms with van der Waals surface area (Å²) in [6.07, 6.45) is 8.13. The molecule has 166 valence electrons. The fourth-order valence-electron chi connectivity index (χ4n) is 5.59. The molecule has 1 aromatic heterocycles. The first-order chi connectivity index (χ1) is 15.3. The molecule has 0 spiro atoms. The van der Waals surface area contributed by atoms with Crippen LogP contribution < -0.4 is 4.90 Å². The van der Waals surface area contributed by atoms with E-state index in [1.54, 1.807) is 0 Å². The number of anilines is 1. The molecule has 0 amide bonds. The molecule has 3 aliphatic rings. The predicted molar refractivity (Wildman–Crippen MR) is 125 cm³/mol. The fraction of sp³-hybridized carbons (Fsp3) is 0.615. The average Bonchev–Trinajstić information content (AvgIpc) is 2.84. The van der Waals surface area contributed by atoms with Gasteiger partial charge in [-0.05, 0) is 70.5 Å². The van der Waals surface area contributed by atoms with Crippen molar-refractivity contribution in [2.24, 2.45) is 0 Å². The molecule has 0 radical (unpaired) electrons. The first-order valence-corrected chi connectivity index (χ1v) is 12.3. The van der Waals surface area contributed by atoms with Crippen LogP contribution in [0.1, 0.15) is 60.7 Å². The van der Waals surface area contributed by atoms with Crippen molar-refractivity contribution in [1.82, 2.24) is 14.9 Å². The second kappa shape index (κ2) is 9.66. The van der Waals surface area contributed by atoms with Gasteiger partial charge >= 0.3 is 0 Å². The van der Waals surface area contributed by atoms with Gasteiger partial charge in [0.1, 0.15) is 11.6 Å². The molecule has 0 aliphatic carbocycles. The molecule has 5 nitrogen and oxygen atoms in total. The van der Waals surface area contributed by atoms with Gasteiger partial charge in [-0.1, -0.05) is 30.3 Å². The standard InChI is InChI=1S/C26H36N4O/c1-20-24-8-5-14-30(15-9-21-6-3-2-4-7-21)26(24)28-25(27-20)22-10-16-29(17-11-22)23-12-18-31-19-13-23/h2-4,6-7,22-23H,5,8-19H2,1H3. The van der Waals surface area contributed by atoms with Crippen LogP contribution in [-0.2, 0) is 17.6 Å². The van der Waals surface area contributed by atoms with Gasteiger partial charge in [0.25, 0.3) is 0 Å².